The molecular formula is C27H21AlN3O3. The van der Waals surface area contributed by atoms with Crippen molar-refractivity contribution in [3.05, 3.63) is 110 Å². The third-order valence-electron chi connectivity index (χ3n) is 4.76. The number of hydrogen-bond donors (Lipinski definition) is 3. The number of pyridine rings is 3. The van der Waals surface area contributed by atoms with E-state index in [4.69, 9.17) is 15.3 Å². The molecule has 165 valence electrons. The number of phenols is 3. The van der Waals surface area contributed by atoms with E-state index in [1.54, 1.807) is 73.2 Å². The zero-order valence-electron chi connectivity index (χ0n) is 18.2. The summed E-state index contributed by atoms with van der Waals surface area (Å²) in [5.74, 6) is 0.849. The van der Waals surface area contributed by atoms with E-state index in [1.807, 2.05) is 36.4 Å². The Morgan fingerprint density at radius 1 is 0.412 bits per heavy atom. The molecule has 0 atom stereocenters. The number of phenolic OH excluding ortho intramolecular Hbond substituents is 3. The Hall–Kier alpha value is -4.18. The molecule has 0 saturated heterocycles. The minimum absolute atomic E-state index is 0. The fourth-order valence-corrected chi connectivity index (χ4v) is 3.19. The predicted octanol–water partition coefficient (Wildman–Crippen LogP) is 5.44. The van der Waals surface area contributed by atoms with E-state index >= 15 is 0 Å². The molecule has 6 aromatic rings. The van der Waals surface area contributed by atoms with Crippen LogP contribution in [0.2, 0.25) is 0 Å². The third-order valence-corrected chi connectivity index (χ3v) is 4.76. The lowest BCUT2D eigenvalue weighted by Crippen LogP contribution is -1.75. The first-order valence-electron chi connectivity index (χ1n) is 10.2. The SMILES string of the molecule is Oc1ccc2ncccc2c1.Oc1ccc2ncccc2c1.Oc1ccc2ncccc2c1.[Al]. The van der Waals surface area contributed by atoms with Crippen molar-refractivity contribution in [3.63, 3.8) is 0 Å². The Labute approximate surface area is 207 Å². The van der Waals surface area contributed by atoms with Crippen molar-refractivity contribution in [1.29, 1.82) is 0 Å². The molecule has 3 aromatic carbocycles. The number of benzene rings is 3. The molecule has 0 bridgehead atoms. The maximum atomic E-state index is 9.10. The summed E-state index contributed by atoms with van der Waals surface area (Å²) in [6, 6.07) is 26.7. The quantitative estimate of drug-likeness (QED) is 0.260. The van der Waals surface area contributed by atoms with Crippen LogP contribution in [0.15, 0.2) is 110 Å². The number of nitrogens with zero attached hydrogens (tertiary/aromatic N) is 3. The van der Waals surface area contributed by atoms with Crippen LogP contribution in [0.3, 0.4) is 0 Å². The van der Waals surface area contributed by atoms with Gasteiger partial charge in [0.15, 0.2) is 0 Å². The number of hydrogen-bond acceptors (Lipinski definition) is 6. The van der Waals surface area contributed by atoms with E-state index in [9.17, 15) is 0 Å². The molecule has 6 rings (SSSR count). The highest BCUT2D eigenvalue weighted by Gasteiger charge is 1.94. The second-order valence-electron chi connectivity index (χ2n) is 7.14. The molecule has 6 nitrogen and oxygen atoms in total. The van der Waals surface area contributed by atoms with E-state index in [2.05, 4.69) is 15.0 Å². The van der Waals surface area contributed by atoms with Gasteiger partial charge in [-0.1, -0.05) is 18.2 Å². The van der Waals surface area contributed by atoms with Crippen molar-refractivity contribution >= 4 is 50.1 Å². The maximum absolute atomic E-state index is 9.10. The summed E-state index contributed by atoms with van der Waals surface area (Å²) in [6.45, 7) is 0. The van der Waals surface area contributed by atoms with Crippen LogP contribution in [0.4, 0.5) is 0 Å². The molecule has 0 saturated carbocycles. The first-order chi connectivity index (χ1) is 16.1. The topological polar surface area (TPSA) is 99.4 Å². The summed E-state index contributed by atoms with van der Waals surface area (Å²) < 4.78 is 0. The fourth-order valence-electron chi connectivity index (χ4n) is 3.19. The second kappa shape index (κ2) is 11.6. The van der Waals surface area contributed by atoms with Crippen LogP contribution in [0.1, 0.15) is 0 Å². The van der Waals surface area contributed by atoms with Gasteiger partial charge in [-0.3, -0.25) is 15.0 Å². The number of fused-ring (bicyclic) bond motifs is 3. The summed E-state index contributed by atoms with van der Waals surface area (Å²) in [4.78, 5) is 12.3. The minimum Gasteiger partial charge on any atom is -0.508 e. The van der Waals surface area contributed by atoms with Gasteiger partial charge in [-0.15, -0.1) is 0 Å². The summed E-state index contributed by atoms with van der Waals surface area (Å²) in [5, 5.41) is 30.2. The molecule has 0 aliphatic carbocycles. The van der Waals surface area contributed by atoms with E-state index in [0.29, 0.717) is 0 Å². The molecule has 0 spiro atoms. The monoisotopic (exact) mass is 462 g/mol. The van der Waals surface area contributed by atoms with Crippen LogP contribution in [0.5, 0.6) is 17.2 Å². The lowest BCUT2D eigenvalue weighted by Gasteiger charge is -1.95. The van der Waals surface area contributed by atoms with Crippen molar-refractivity contribution < 1.29 is 15.3 Å². The molecule has 0 fully saturated rings. The summed E-state index contributed by atoms with van der Waals surface area (Å²) in [6.07, 6.45) is 5.21. The normalized spacial score (nSPS) is 9.88. The summed E-state index contributed by atoms with van der Waals surface area (Å²) in [5.41, 5.74) is 2.72. The third kappa shape index (κ3) is 6.42. The molecule has 3 N–H and O–H groups in total. The zero-order chi connectivity index (χ0) is 23.0. The van der Waals surface area contributed by atoms with Gasteiger partial charge in [-0.2, -0.15) is 0 Å². The Morgan fingerprint density at radius 3 is 1.00 bits per heavy atom. The molecule has 0 unspecified atom stereocenters. The standard InChI is InChI=1S/3C9H7NO.Al/c3*11-8-3-4-9-7(6-8)2-1-5-10-9;/h3*1-6,11H;. The van der Waals surface area contributed by atoms with E-state index in [-0.39, 0.29) is 34.6 Å². The van der Waals surface area contributed by atoms with Gasteiger partial charge in [0.2, 0.25) is 0 Å². The Morgan fingerprint density at radius 2 is 0.706 bits per heavy atom. The van der Waals surface area contributed by atoms with Crippen LogP contribution in [0.25, 0.3) is 32.7 Å². The molecule has 7 heteroatoms. The molecular weight excluding hydrogens is 441 g/mol. The highest BCUT2D eigenvalue weighted by molar-refractivity contribution is 5.81. The largest absolute Gasteiger partial charge is 0.508 e. The van der Waals surface area contributed by atoms with Crippen molar-refractivity contribution in [2.75, 3.05) is 0 Å². The maximum Gasteiger partial charge on any atom is 0.116 e. The average molecular weight is 462 g/mol. The first kappa shape index (κ1) is 24.5. The van der Waals surface area contributed by atoms with Crippen LogP contribution in [0, 0.1) is 0 Å². The Bertz CT molecular complexity index is 1340. The van der Waals surface area contributed by atoms with Gasteiger partial charge < -0.3 is 15.3 Å². The van der Waals surface area contributed by atoms with Gasteiger partial charge in [-0.05, 0) is 72.8 Å². The highest BCUT2D eigenvalue weighted by atomic mass is 27.0. The van der Waals surface area contributed by atoms with Gasteiger partial charge in [0, 0.05) is 52.1 Å². The van der Waals surface area contributed by atoms with Gasteiger partial charge in [-0.25, -0.2) is 0 Å². The number of aromatic hydroxyl groups is 3. The molecule has 3 heterocycles. The van der Waals surface area contributed by atoms with Crippen molar-refractivity contribution in [3.8, 4) is 17.2 Å². The Balaban J connectivity index is 0.000000141. The molecule has 3 radical (unpaired) electrons. The van der Waals surface area contributed by atoms with Crippen LogP contribution < -0.4 is 0 Å². The Kier molecular flexibility index (Phi) is 8.36. The smallest absolute Gasteiger partial charge is 0.116 e. The summed E-state index contributed by atoms with van der Waals surface area (Å²) in [7, 11) is 0. The number of rotatable bonds is 0. The van der Waals surface area contributed by atoms with Crippen LogP contribution >= 0.6 is 0 Å². The van der Waals surface area contributed by atoms with Crippen molar-refractivity contribution in [1.82, 2.24) is 15.0 Å². The van der Waals surface area contributed by atoms with Gasteiger partial charge in [0.25, 0.3) is 0 Å². The van der Waals surface area contributed by atoms with E-state index in [0.717, 1.165) is 32.7 Å². The molecule has 0 aliphatic heterocycles. The second-order valence-corrected chi connectivity index (χ2v) is 7.14. The molecule has 3 aromatic heterocycles. The van der Waals surface area contributed by atoms with Gasteiger partial charge in [0.05, 0.1) is 16.6 Å². The average Bonchev–Trinajstić information content (AvgIpc) is 2.84. The molecule has 0 aliphatic rings. The molecule has 0 amide bonds. The summed E-state index contributed by atoms with van der Waals surface area (Å²) >= 11 is 0. The lowest BCUT2D eigenvalue weighted by atomic mass is 10.2. The predicted molar refractivity (Wildman–Crippen MR) is 136 cm³/mol. The molecule has 34 heavy (non-hydrogen) atoms. The van der Waals surface area contributed by atoms with Crippen molar-refractivity contribution in [2.45, 2.75) is 0 Å². The fraction of sp³-hybridized carbons (Fsp3) is 0. The highest BCUT2D eigenvalue weighted by Crippen LogP contribution is 2.18. The zero-order valence-corrected chi connectivity index (χ0v) is 19.3. The van der Waals surface area contributed by atoms with Crippen molar-refractivity contribution in [2.24, 2.45) is 0 Å². The first-order valence-corrected chi connectivity index (χ1v) is 10.2. The van der Waals surface area contributed by atoms with Crippen LogP contribution in [-0.2, 0) is 0 Å². The van der Waals surface area contributed by atoms with Gasteiger partial charge >= 0.3 is 0 Å². The number of aromatic nitrogens is 3. The van der Waals surface area contributed by atoms with E-state index in [1.165, 1.54) is 0 Å². The van der Waals surface area contributed by atoms with E-state index < -0.39 is 0 Å². The minimum atomic E-state index is 0. The van der Waals surface area contributed by atoms with Gasteiger partial charge in [0.1, 0.15) is 17.2 Å². The lowest BCUT2D eigenvalue weighted by molar-refractivity contribution is 0.475. The van der Waals surface area contributed by atoms with Crippen LogP contribution in [-0.4, -0.2) is 47.6 Å².